The van der Waals surface area contributed by atoms with Crippen LogP contribution in [0.15, 0.2) is 25.3 Å². The summed E-state index contributed by atoms with van der Waals surface area (Å²) in [6.45, 7) is 7.27. The van der Waals surface area contributed by atoms with Gasteiger partial charge in [-0.05, 0) is 25.7 Å². The van der Waals surface area contributed by atoms with E-state index in [1.807, 2.05) is 12.2 Å². The molecule has 0 aromatic heterocycles. The summed E-state index contributed by atoms with van der Waals surface area (Å²) in [7, 11) is 0. The highest BCUT2D eigenvalue weighted by atomic mass is 14.6. The van der Waals surface area contributed by atoms with Crippen LogP contribution in [-0.4, -0.2) is 6.04 Å². The van der Waals surface area contributed by atoms with Crippen molar-refractivity contribution < 1.29 is 0 Å². The molecule has 1 unspecified atom stereocenters. The summed E-state index contributed by atoms with van der Waals surface area (Å²) in [5, 5.41) is 0. The zero-order valence-electron chi connectivity index (χ0n) is 6.55. The molecule has 0 fully saturated rings. The molecule has 0 amide bonds. The second-order valence-electron chi connectivity index (χ2n) is 2.50. The van der Waals surface area contributed by atoms with Crippen molar-refractivity contribution in [3.05, 3.63) is 25.3 Å². The summed E-state index contributed by atoms with van der Waals surface area (Å²) in [4.78, 5) is 0. The van der Waals surface area contributed by atoms with Gasteiger partial charge >= 0.3 is 0 Å². The van der Waals surface area contributed by atoms with Crippen LogP contribution < -0.4 is 5.73 Å². The molecule has 1 heteroatoms. The summed E-state index contributed by atoms with van der Waals surface area (Å²) in [6, 6.07) is 0.303. The fourth-order valence-electron chi connectivity index (χ4n) is 0.856. The van der Waals surface area contributed by atoms with Gasteiger partial charge in [0.2, 0.25) is 0 Å². The average molecular weight is 139 g/mol. The summed E-state index contributed by atoms with van der Waals surface area (Å²) >= 11 is 0. The largest absolute Gasteiger partial charge is 0.327 e. The van der Waals surface area contributed by atoms with E-state index < -0.39 is 0 Å². The molecule has 1 atom stereocenters. The number of nitrogens with two attached hydrogens (primary N) is 1. The van der Waals surface area contributed by atoms with Crippen molar-refractivity contribution >= 4 is 0 Å². The van der Waals surface area contributed by atoms with E-state index in [4.69, 9.17) is 5.73 Å². The molecule has 0 heterocycles. The molecule has 0 aliphatic heterocycles. The zero-order valence-corrected chi connectivity index (χ0v) is 6.55. The minimum absolute atomic E-state index is 0.303. The standard InChI is InChI=1S/C9H17N/c1-3-5-6-8-9(10)7-4-2/h3-4,9H,1-2,5-8,10H2. The lowest BCUT2D eigenvalue weighted by atomic mass is 10.1. The second kappa shape index (κ2) is 6.56. The van der Waals surface area contributed by atoms with Crippen LogP contribution in [-0.2, 0) is 0 Å². The number of hydrogen-bond donors (Lipinski definition) is 1. The van der Waals surface area contributed by atoms with Crippen LogP contribution >= 0.6 is 0 Å². The van der Waals surface area contributed by atoms with E-state index in [1.165, 1.54) is 0 Å². The van der Waals surface area contributed by atoms with Crippen molar-refractivity contribution in [1.82, 2.24) is 0 Å². The van der Waals surface area contributed by atoms with Crippen LogP contribution in [0, 0.1) is 0 Å². The van der Waals surface area contributed by atoms with Crippen molar-refractivity contribution in [2.75, 3.05) is 0 Å². The fraction of sp³-hybridized carbons (Fsp3) is 0.556. The quantitative estimate of drug-likeness (QED) is 0.443. The van der Waals surface area contributed by atoms with Crippen LogP contribution in [0.3, 0.4) is 0 Å². The Labute approximate surface area is 63.6 Å². The van der Waals surface area contributed by atoms with Gasteiger partial charge in [0, 0.05) is 6.04 Å². The number of unbranched alkanes of at least 4 members (excludes halogenated alkanes) is 1. The Balaban J connectivity index is 3.11. The topological polar surface area (TPSA) is 26.0 Å². The predicted molar refractivity (Wildman–Crippen MR) is 46.8 cm³/mol. The molecule has 0 aromatic rings. The Kier molecular flexibility index (Phi) is 6.19. The Morgan fingerprint density at radius 3 is 2.50 bits per heavy atom. The van der Waals surface area contributed by atoms with Crippen molar-refractivity contribution in [3.8, 4) is 0 Å². The van der Waals surface area contributed by atoms with E-state index in [2.05, 4.69) is 13.2 Å². The SMILES string of the molecule is C=CCCCC(N)CC=C. The molecule has 0 aliphatic rings. The van der Waals surface area contributed by atoms with E-state index in [1.54, 1.807) is 0 Å². The van der Waals surface area contributed by atoms with Gasteiger partial charge in [-0.1, -0.05) is 12.2 Å². The fourth-order valence-corrected chi connectivity index (χ4v) is 0.856. The number of rotatable bonds is 6. The maximum atomic E-state index is 5.72. The third-order valence-electron chi connectivity index (χ3n) is 1.45. The van der Waals surface area contributed by atoms with Crippen molar-refractivity contribution in [2.45, 2.75) is 31.7 Å². The molecular weight excluding hydrogens is 122 g/mol. The first-order chi connectivity index (χ1) is 4.81. The Hall–Kier alpha value is -0.560. The molecule has 0 aromatic carbocycles. The molecule has 0 rings (SSSR count). The predicted octanol–water partition coefficient (Wildman–Crippen LogP) is 2.25. The van der Waals surface area contributed by atoms with E-state index in [0.717, 1.165) is 25.7 Å². The van der Waals surface area contributed by atoms with Crippen molar-refractivity contribution in [3.63, 3.8) is 0 Å². The third-order valence-corrected chi connectivity index (χ3v) is 1.45. The van der Waals surface area contributed by atoms with Crippen LogP contribution in [0.5, 0.6) is 0 Å². The van der Waals surface area contributed by atoms with Crippen molar-refractivity contribution in [2.24, 2.45) is 5.73 Å². The van der Waals surface area contributed by atoms with Gasteiger partial charge in [-0.3, -0.25) is 0 Å². The number of allylic oxidation sites excluding steroid dienone is 1. The molecule has 1 nitrogen and oxygen atoms in total. The molecule has 10 heavy (non-hydrogen) atoms. The first kappa shape index (κ1) is 9.44. The highest BCUT2D eigenvalue weighted by Crippen LogP contribution is 2.02. The molecule has 0 bridgehead atoms. The number of hydrogen-bond acceptors (Lipinski definition) is 1. The van der Waals surface area contributed by atoms with Crippen molar-refractivity contribution in [1.29, 1.82) is 0 Å². The molecule has 0 saturated heterocycles. The smallest absolute Gasteiger partial charge is 0.00734 e. The summed E-state index contributed by atoms with van der Waals surface area (Å²) in [6.07, 6.45) is 8.04. The first-order valence-corrected chi connectivity index (χ1v) is 3.78. The van der Waals surface area contributed by atoms with E-state index >= 15 is 0 Å². The zero-order chi connectivity index (χ0) is 7.82. The molecule has 0 saturated carbocycles. The van der Waals surface area contributed by atoms with Gasteiger partial charge in [-0.25, -0.2) is 0 Å². The maximum absolute atomic E-state index is 5.72. The monoisotopic (exact) mass is 139 g/mol. The molecule has 0 spiro atoms. The van der Waals surface area contributed by atoms with E-state index in [0.29, 0.717) is 6.04 Å². The van der Waals surface area contributed by atoms with Crippen LogP contribution in [0.2, 0.25) is 0 Å². The lowest BCUT2D eigenvalue weighted by molar-refractivity contribution is 0.593. The van der Waals surface area contributed by atoms with E-state index in [9.17, 15) is 0 Å². The van der Waals surface area contributed by atoms with Crippen LogP contribution in [0.25, 0.3) is 0 Å². The normalized spacial score (nSPS) is 12.5. The van der Waals surface area contributed by atoms with Gasteiger partial charge in [0.1, 0.15) is 0 Å². The molecular formula is C9H17N. The third kappa shape index (κ3) is 5.57. The van der Waals surface area contributed by atoms with E-state index in [-0.39, 0.29) is 0 Å². The van der Waals surface area contributed by atoms with Crippen LogP contribution in [0.4, 0.5) is 0 Å². The summed E-state index contributed by atoms with van der Waals surface area (Å²) in [5.74, 6) is 0. The highest BCUT2D eigenvalue weighted by Gasteiger charge is 1.96. The molecule has 0 radical (unpaired) electrons. The highest BCUT2D eigenvalue weighted by molar-refractivity contribution is 4.76. The first-order valence-electron chi connectivity index (χ1n) is 3.78. The average Bonchev–Trinajstić information content (AvgIpc) is 1.89. The summed E-state index contributed by atoms with van der Waals surface area (Å²) in [5.41, 5.74) is 5.72. The van der Waals surface area contributed by atoms with Gasteiger partial charge < -0.3 is 5.73 Å². The van der Waals surface area contributed by atoms with Gasteiger partial charge in [0.25, 0.3) is 0 Å². The van der Waals surface area contributed by atoms with Crippen LogP contribution in [0.1, 0.15) is 25.7 Å². The molecule has 58 valence electrons. The Bertz CT molecular complexity index is 96.9. The minimum Gasteiger partial charge on any atom is -0.327 e. The second-order valence-corrected chi connectivity index (χ2v) is 2.50. The maximum Gasteiger partial charge on any atom is 0.00734 e. The van der Waals surface area contributed by atoms with Gasteiger partial charge in [-0.15, -0.1) is 13.2 Å². The lowest BCUT2D eigenvalue weighted by Crippen LogP contribution is -2.18. The molecule has 0 aliphatic carbocycles. The molecule has 2 N–H and O–H groups in total. The summed E-state index contributed by atoms with van der Waals surface area (Å²) < 4.78 is 0. The Morgan fingerprint density at radius 1 is 1.30 bits per heavy atom. The van der Waals surface area contributed by atoms with Gasteiger partial charge in [0.15, 0.2) is 0 Å². The Morgan fingerprint density at radius 2 is 2.00 bits per heavy atom. The van der Waals surface area contributed by atoms with Gasteiger partial charge in [0.05, 0.1) is 0 Å². The minimum atomic E-state index is 0.303. The lowest BCUT2D eigenvalue weighted by Gasteiger charge is -2.06. The van der Waals surface area contributed by atoms with Gasteiger partial charge in [-0.2, -0.15) is 0 Å².